The van der Waals surface area contributed by atoms with Crippen molar-refractivity contribution in [3.63, 3.8) is 0 Å². The van der Waals surface area contributed by atoms with Crippen LogP contribution in [0.4, 0.5) is 19.0 Å². The van der Waals surface area contributed by atoms with E-state index in [0.29, 0.717) is 11.5 Å². The minimum Gasteiger partial charge on any atom is -0.364 e. The third-order valence-electron chi connectivity index (χ3n) is 2.07. The van der Waals surface area contributed by atoms with Crippen molar-refractivity contribution in [1.29, 1.82) is 0 Å². The Balaban J connectivity index is 2.69. The first-order chi connectivity index (χ1) is 7.83. The van der Waals surface area contributed by atoms with Gasteiger partial charge in [-0.2, -0.15) is 13.2 Å². The number of halogens is 3. The van der Waals surface area contributed by atoms with Crippen LogP contribution in [0.15, 0.2) is 0 Å². The van der Waals surface area contributed by atoms with Crippen LogP contribution in [0.5, 0.6) is 0 Å². The average Bonchev–Trinajstić information content (AvgIpc) is 2.21. The first-order valence-corrected chi connectivity index (χ1v) is 4.78. The fraction of sp³-hybridized carbons (Fsp3) is 0.556. The Morgan fingerprint density at radius 3 is 2.47 bits per heavy atom. The number of anilines is 1. The second kappa shape index (κ2) is 5.28. The summed E-state index contributed by atoms with van der Waals surface area (Å²) in [7, 11) is 0. The summed E-state index contributed by atoms with van der Waals surface area (Å²) < 4.78 is 40.0. The largest absolute Gasteiger partial charge is 0.411 e. The quantitative estimate of drug-likeness (QED) is 0.625. The maximum Gasteiger partial charge on any atom is 0.411 e. The number of nitrogens with two attached hydrogens (primary N) is 1. The maximum absolute atomic E-state index is 11.8. The zero-order chi connectivity index (χ0) is 13.1. The molecule has 17 heavy (non-hydrogen) atoms. The van der Waals surface area contributed by atoms with Gasteiger partial charge >= 0.3 is 6.18 Å². The van der Waals surface area contributed by atoms with E-state index in [1.54, 1.807) is 13.8 Å². The third-order valence-corrected chi connectivity index (χ3v) is 2.07. The van der Waals surface area contributed by atoms with Crippen LogP contribution in [0.1, 0.15) is 17.1 Å². The van der Waals surface area contributed by atoms with Gasteiger partial charge in [-0.15, -0.1) is 0 Å². The number of nitrogen functional groups attached to an aromatic ring is 1. The number of rotatable bonds is 4. The number of hydrogen-bond donors (Lipinski definition) is 2. The topological polar surface area (TPSA) is 73.1 Å². The van der Waals surface area contributed by atoms with Crippen LogP contribution >= 0.6 is 0 Å². The number of aromatic nitrogens is 2. The summed E-state index contributed by atoms with van der Waals surface area (Å²) in [6, 6.07) is 0. The normalized spacial score (nSPS) is 11.6. The first kappa shape index (κ1) is 13.7. The molecule has 0 fully saturated rings. The van der Waals surface area contributed by atoms with E-state index in [2.05, 4.69) is 20.1 Å². The lowest BCUT2D eigenvalue weighted by atomic mass is 10.2. The molecular weight excluding hydrogens is 237 g/mol. The molecule has 0 unspecified atom stereocenters. The standard InChI is InChI=1S/C9H13F3N4O/c1-5-6(2)14-7(15-8(5)16-13)3-17-4-9(10,11)12/h3-4,13H2,1-2H3,(H,14,15,16). The number of aryl methyl sites for hydroxylation is 1. The lowest BCUT2D eigenvalue weighted by Crippen LogP contribution is -2.18. The van der Waals surface area contributed by atoms with Crippen LogP contribution in [0.2, 0.25) is 0 Å². The molecule has 1 aromatic heterocycles. The van der Waals surface area contributed by atoms with Crippen molar-refractivity contribution in [2.45, 2.75) is 26.6 Å². The lowest BCUT2D eigenvalue weighted by molar-refractivity contribution is -0.177. The van der Waals surface area contributed by atoms with Gasteiger partial charge in [0.25, 0.3) is 0 Å². The van der Waals surface area contributed by atoms with Gasteiger partial charge in [0.2, 0.25) is 0 Å². The summed E-state index contributed by atoms with van der Waals surface area (Å²) in [6.07, 6.45) is -4.35. The number of nitrogens with one attached hydrogen (secondary N) is 1. The predicted octanol–water partition coefficient (Wildman–Crippen LogP) is 1.46. The molecule has 5 nitrogen and oxygen atoms in total. The molecule has 8 heteroatoms. The minimum absolute atomic E-state index is 0.158. The summed E-state index contributed by atoms with van der Waals surface area (Å²) in [4.78, 5) is 7.93. The van der Waals surface area contributed by atoms with E-state index in [1.807, 2.05) is 0 Å². The van der Waals surface area contributed by atoms with E-state index in [1.165, 1.54) is 0 Å². The molecule has 0 spiro atoms. The molecule has 0 bridgehead atoms. The SMILES string of the molecule is Cc1nc(COCC(F)(F)F)nc(NN)c1C. The van der Waals surface area contributed by atoms with Crippen molar-refractivity contribution in [2.75, 3.05) is 12.0 Å². The molecule has 96 valence electrons. The van der Waals surface area contributed by atoms with E-state index in [-0.39, 0.29) is 12.4 Å². The van der Waals surface area contributed by atoms with Gasteiger partial charge in [0.15, 0.2) is 5.82 Å². The fourth-order valence-corrected chi connectivity index (χ4v) is 1.15. The maximum atomic E-state index is 11.8. The predicted molar refractivity (Wildman–Crippen MR) is 55.0 cm³/mol. The highest BCUT2D eigenvalue weighted by molar-refractivity contribution is 5.44. The molecular formula is C9H13F3N4O. The molecule has 0 aliphatic carbocycles. The number of ether oxygens (including phenoxy) is 1. The van der Waals surface area contributed by atoms with Crippen molar-refractivity contribution in [3.05, 3.63) is 17.1 Å². The number of alkyl halides is 3. The Bertz CT molecular complexity index is 395. The zero-order valence-electron chi connectivity index (χ0n) is 9.43. The minimum atomic E-state index is -4.35. The second-order valence-electron chi connectivity index (χ2n) is 3.45. The van der Waals surface area contributed by atoms with Crippen molar-refractivity contribution >= 4 is 5.82 Å². The molecule has 0 atom stereocenters. The fourth-order valence-electron chi connectivity index (χ4n) is 1.15. The van der Waals surface area contributed by atoms with Crippen LogP contribution < -0.4 is 11.3 Å². The first-order valence-electron chi connectivity index (χ1n) is 4.78. The van der Waals surface area contributed by atoms with Gasteiger partial charge in [0, 0.05) is 11.3 Å². The van der Waals surface area contributed by atoms with Gasteiger partial charge < -0.3 is 10.2 Å². The van der Waals surface area contributed by atoms with E-state index in [9.17, 15) is 13.2 Å². The summed E-state index contributed by atoms with van der Waals surface area (Å²) in [5.74, 6) is 5.76. The molecule has 1 aromatic rings. The molecule has 1 rings (SSSR count). The van der Waals surface area contributed by atoms with Crippen LogP contribution in [0.25, 0.3) is 0 Å². The molecule has 0 amide bonds. The molecule has 0 aromatic carbocycles. The summed E-state index contributed by atoms with van der Waals surface area (Å²) >= 11 is 0. The van der Waals surface area contributed by atoms with Gasteiger partial charge in [-0.3, -0.25) is 0 Å². The Morgan fingerprint density at radius 2 is 1.94 bits per heavy atom. The van der Waals surface area contributed by atoms with Crippen molar-refractivity contribution in [1.82, 2.24) is 9.97 Å². The number of hydrazine groups is 1. The van der Waals surface area contributed by atoms with E-state index < -0.39 is 12.8 Å². The molecule has 0 radical (unpaired) electrons. The Hall–Kier alpha value is -1.41. The average molecular weight is 250 g/mol. The second-order valence-corrected chi connectivity index (χ2v) is 3.45. The monoisotopic (exact) mass is 250 g/mol. The summed E-state index contributed by atoms with van der Waals surface area (Å²) in [5, 5.41) is 0. The van der Waals surface area contributed by atoms with Crippen LogP contribution in [0.3, 0.4) is 0 Å². The zero-order valence-corrected chi connectivity index (χ0v) is 9.43. The van der Waals surface area contributed by atoms with Crippen molar-refractivity contribution < 1.29 is 17.9 Å². The molecule has 0 saturated heterocycles. The van der Waals surface area contributed by atoms with Crippen LogP contribution in [0, 0.1) is 13.8 Å². The molecule has 0 saturated carbocycles. The summed E-state index contributed by atoms with van der Waals surface area (Å²) in [6.45, 7) is 1.83. The van der Waals surface area contributed by atoms with Gasteiger partial charge in [0.05, 0.1) is 0 Å². The molecule has 0 aliphatic rings. The van der Waals surface area contributed by atoms with Gasteiger partial charge in [-0.25, -0.2) is 15.8 Å². The van der Waals surface area contributed by atoms with Crippen LogP contribution in [-0.4, -0.2) is 22.8 Å². The number of nitrogens with zero attached hydrogens (tertiary/aromatic N) is 2. The smallest absolute Gasteiger partial charge is 0.364 e. The molecule has 3 N–H and O–H groups in total. The summed E-state index contributed by atoms with van der Waals surface area (Å²) in [5.41, 5.74) is 3.73. The Kier molecular flexibility index (Phi) is 4.24. The Morgan fingerprint density at radius 1 is 1.29 bits per heavy atom. The van der Waals surface area contributed by atoms with Gasteiger partial charge in [0.1, 0.15) is 19.0 Å². The highest BCUT2D eigenvalue weighted by Crippen LogP contribution is 2.17. The molecule has 0 aliphatic heterocycles. The van der Waals surface area contributed by atoms with E-state index in [0.717, 1.165) is 5.56 Å². The Labute approximate surface area is 96.2 Å². The molecule has 1 heterocycles. The van der Waals surface area contributed by atoms with Gasteiger partial charge in [-0.05, 0) is 13.8 Å². The number of hydrogen-bond acceptors (Lipinski definition) is 5. The van der Waals surface area contributed by atoms with E-state index in [4.69, 9.17) is 5.84 Å². The van der Waals surface area contributed by atoms with Crippen LogP contribution in [-0.2, 0) is 11.3 Å². The van der Waals surface area contributed by atoms with Crippen molar-refractivity contribution in [3.8, 4) is 0 Å². The third kappa shape index (κ3) is 4.16. The van der Waals surface area contributed by atoms with E-state index >= 15 is 0 Å². The highest BCUT2D eigenvalue weighted by Gasteiger charge is 2.27. The van der Waals surface area contributed by atoms with Gasteiger partial charge in [-0.1, -0.05) is 0 Å². The van der Waals surface area contributed by atoms with Crippen molar-refractivity contribution in [2.24, 2.45) is 5.84 Å². The highest BCUT2D eigenvalue weighted by atomic mass is 19.4. The lowest BCUT2D eigenvalue weighted by Gasteiger charge is -2.10.